The molecule has 0 aliphatic rings. The Labute approximate surface area is 100 Å². The molecular weight excluding hydrogens is 366 g/mol. The van der Waals surface area contributed by atoms with Gasteiger partial charge in [0.05, 0.1) is 5.52 Å². The van der Waals surface area contributed by atoms with E-state index in [0.717, 1.165) is 21.8 Å². The van der Waals surface area contributed by atoms with E-state index in [0.29, 0.717) is 0 Å². The van der Waals surface area contributed by atoms with Crippen molar-refractivity contribution in [3.63, 3.8) is 0 Å². The first kappa shape index (κ1) is 10.3. The van der Waals surface area contributed by atoms with Crippen molar-refractivity contribution in [2.24, 2.45) is 0 Å². The minimum Gasteiger partial charge on any atom is -0.573 e. The third kappa shape index (κ3) is 1.46. The van der Waals surface area contributed by atoms with Crippen molar-refractivity contribution in [3.8, 4) is 0 Å². The Morgan fingerprint density at radius 3 is 3.07 bits per heavy atom. The Bertz CT molecular complexity index is 615. The molecule has 0 saturated heterocycles. The second kappa shape index (κ2) is 3.72. The van der Waals surface area contributed by atoms with Crippen molar-refractivity contribution in [1.29, 1.82) is 0 Å². The average Bonchev–Trinajstić information content (AvgIpc) is 2.67. The zero-order chi connectivity index (χ0) is 9.54. The van der Waals surface area contributed by atoms with Gasteiger partial charge in [0.2, 0.25) is 0 Å². The molecule has 3 aromatic rings. The third-order valence-corrected chi connectivity index (χ3v) is 2.46. The minimum absolute atomic E-state index is 0. The summed E-state index contributed by atoms with van der Waals surface area (Å²) < 4.78 is 0. The number of fused-ring (bicyclic) bond motifs is 3. The predicted octanol–water partition coefficient (Wildman–Crippen LogP) is 2.05. The van der Waals surface area contributed by atoms with Gasteiger partial charge in [0, 0.05) is 32.5 Å². The van der Waals surface area contributed by atoms with Gasteiger partial charge in [0.25, 0.3) is 0 Å². The van der Waals surface area contributed by atoms with E-state index in [1.807, 2.05) is 12.1 Å². The maximum atomic E-state index is 4.32. The molecule has 1 radical (unpaired) electrons. The Hall–Kier alpha value is -1.25. The van der Waals surface area contributed by atoms with Gasteiger partial charge < -0.3 is 10.2 Å². The number of aromatic nitrogens is 3. The molecule has 0 amide bonds. The van der Waals surface area contributed by atoms with Gasteiger partial charge >= 0.3 is 0 Å². The summed E-state index contributed by atoms with van der Waals surface area (Å²) in [6.07, 6.45) is 3.57. The van der Waals surface area contributed by atoms with E-state index < -0.39 is 0 Å². The van der Waals surface area contributed by atoms with Crippen LogP contribution in [0.1, 0.15) is 5.56 Å². The summed E-state index contributed by atoms with van der Waals surface area (Å²) in [7, 11) is 0. The smallest absolute Gasteiger partial charge is 0.0572 e. The topological polar surface area (TPSA) is 39.9 Å². The fraction of sp³-hybridized carbons (Fsp3) is 0.0909. The first-order chi connectivity index (χ1) is 6.86. The zero-order valence-corrected chi connectivity index (χ0v) is 10.5. The van der Waals surface area contributed by atoms with Gasteiger partial charge in [-0.2, -0.15) is 0 Å². The molecule has 0 N–H and O–H groups in total. The summed E-state index contributed by atoms with van der Waals surface area (Å²) >= 11 is 0. The summed E-state index contributed by atoms with van der Waals surface area (Å²) in [6.45, 7) is 2.07. The molecule has 15 heavy (non-hydrogen) atoms. The molecule has 2 heterocycles. The molecule has 0 saturated carbocycles. The fourth-order valence-corrected chi connectivity index (χ4v) is 1.77. The van der Waals surface area contributed by atoms with Gasteiger partial charge in [0.15, 0.2) is 0 Å². The standard InChI is InChI=1S/C11H8N3.Ir/c1-7-5-8-3-2-4-12-10(8)11-9(7)6-13-14-11;/h2-6H,1H3;/q-1;. The van der Waals surface area contributed by atoms with Crippen LogP contribution in [0, 0.1) is 6.92 Å². The van der Waals surface area contributed by atoms with Crippen LogP contribution >= 0.6 is 0 Å². The molecule has 0 aliphatic carbocycles. The number of pyridine rings is 1. The van der Waals surface area contributed by atoms with Gasteiger partial charge in [-0.25, -0.2) is 0 Å². The molecule has 3 nitrogen and oxygen atoms in total. The van der Waals surface area contributed by atoms with Crippen LogP contribution in [0.5, 0.6) is 0 Å². The molecule has 0 aliphatic heterocycles. The maximum Gasteiger partial charge on any atom is 0.0572 e. The normalized spacial score (nSPS) is 10.5. The molecule has 77 valence electrons. The van der Waals surface area contributed by atoms with Gasteiger partial charge in [-0.3, -0.25) is 4.98 Å². The molecule has 0 bridgehead atoms. The summed E-state index contributed by atoms with van der Waals surface area (Å²) in [5, 5.41) is 10.2. The summed E-state index contributed by atoms with van der Waals surface area (Å²) in [5.74, 6) is 0. The van der Waals surface area contributed by atoms with E-state index in [2.05, 4.69) is 28.2 Å². The van der Waals surface area contributed by atoms with E-state index in [1.54, 1.807) is 12.4 Å². The van der Waals surface area contributed by atoms with Crippen LogP contribution in [-0.2, 0) is 20.1 Å². The van der Waals surface area contributed by atoms with Crippen molar-refractivity contribution in [3.05, 3.63) is 36.2 Å². The van der Waals surface area contributed by atoms with Crippen molar-refractivity contribution in [2.45, 2.75) is 6.92 Å². The predicted molar refractivity (Wildman–Crippen MR) is 55.1 cm³/mol. The minimum atomic E-state index is 0. The van der Waals surface area contributed by atoms with Crippen LogP contribution in [0.3, 0.4) is 0 Å². The van der Waals surface area contributed by atoms with Gasteiger partial charge in [0.1, 0.15) is 0 Å². The van der Waals surface area contributed by atoms with Gasteiger partial charge in [-0.15, -0.1) is 0 Å². The monoisotopic (exact) mass is 375 g/mol. The first-order valence-electron chi connectivity index (χ1n) is 4.48. The van der Waals surface area contributed by atoms with E-state index in [9.17, 15) is 0 Å². The second-order valence-corrected chi connectivity index (χ2v) is 3.38. The zero-order valence-electron chi connectivity index (χ0n) is 8.06. The third-order valence-electron chi connectivity index (χ3n) is 2.46. The van der Waals surface area contributed by atoms with Crippen LogP contribution in [0.4, 0.5) is 0 Å². The molecule has 0 spiro atoms. The van der Waals surface area contributed by atoms with E-state index >= 15 is 0 Å². The Balaban J connectivity index is 0.000000853. The van der Waals surface area contributed by atoms with Gasteiger partial charge in [-0.05, 0) is 35.4 Å². The number of hydrogen-bond donors (Lipinski definition) is 0. The summed E-state index contributed by atoms with van der Waals surface area (Å²) in [6, 6.07) is 6.10. The Kier molecular flexibility index (Phi) is 2.55. The Morgan fingerprint density at radius 2 is 2.20 bits per heavy atom. The summed E-state index contributed by atoms with van der Waals surface area (Å²) in [5.41, 5.74) is 3.04. The number of hydrogen-bond acceptors (Lipinski definition) is 2. The Morgan fingerprint density at radius 1 is 1.33 bits per heavy atom. The average molecular weight is 374 g/mol. The summed E-state index contributed by atoms with van der Waals surface area (Å²) in [4.78, 5) is 4.32. The first-order valence-corrected chi connectivity index (χ1v) is 4.48. The van der Waals surface area contributed by atoms with Crippen LogP contribution < -0.4 is 5.10 Å². The number of rotatable bonds is 0. The van der Waals surface area contributed by atoms with Crippen LogP contribution in [0.25, 0.3) is 21.8 Å². The van der Waals surface area contributed by atoms with Crippen LogP contribution in [0.2, 0.25) is 0 Å². The van der Waals surface area contributed by atoms with Crippen molar-refractivity contribution in [2.75, 3.05) is 0 Å². The van der Waals surface area contributed by atoms with E-state index in [-0.39, 0.29) is 20.1 Å². The maximum absolute atomic E-state index is 4.32. The molecule has 1 aromatic carbocycles. The number of benzene rings is 1. The molecular formula is C11H8IrN3-. The quantitative estimate of drug-likeness (QED) is 0.605. The van der Waals surface area contributed by atoms with Crippen molar-refractivity contribution >= 4 is 21.8 Å². The molecule has 4 heteroatoms. The van der Waals surface area contributed by atoms with E-state index in [1.165, 1.54) is 5.56 Å². The molecule has 3 rings (SSSR count). The van der Waals surface area contributed by atoms with E-state index in [4.69, 9.17) is 0 Å². The van der Waals surface area contributed by atoms with Gasteiger partial charge in [-0.1, -0.05) is 11.6 Å². The second-order valence-electron chi connectivity index (χ2n) is 3.38. The number of aryl methyl sites for hydroxylation is 1. The largest absolute Gasteiger partial charge is 0.573 e. The number of nitrogens with zero attached hydrogens (tertiary/aromatic N) is 3. The SMILES string of the molecule is Cc1cc2cccnc2c2[n-]ncc12.[Ir]. The van der Waals surface area contributed by atoms with Crippen LogP contribution in [0.15, 0.2) is 30.6 Å². The van der Waals surface area contributed by atoms with Crippen LogP contribution in [-0.4, -0.2) is 10.1 Å². The molecule has 0 fully saturated rings. The van der Waals surface area contributed by atoms with Crippen molar-refractivity contribution < 1.29 is 20.1 Å². The fourth-order valence-electron chi connectivity index (χ4n) is 1.77. The molecule has 0 unspecified atom stereocenters. The van der Waals surface area contributed by atoms with Crippen molar-refractivity contribution in [1.82, 2.24) is 15.2 Å². The molecule has 2 aromatic heterocycles. The molecule has 0 atom stereocenters.